The van der Waals surface area contributed by atoms with Crippen molar-refractivity contribution in [2.75, 3.05) is 6.54 Å². The van der Waals surface area contributed by atoms with E-state index in [1.54, 1.807) is 18.2 Å². The van der Waals surface area contributed by atoms with Gasteiger partial charge in [0.1, 0.15) is 11.9 Å². The fraction of sp³-hybridized carbons (Fsp3) is 0.417. The molecule has 0 aromatic heterocycles. The van der Waals surface area contributed by atoms with Gasteiger partial charge in [-0.25, -0.2) is 4.39 Å². The number of carboxylic acids is 1. The molecule has 1 aromatic rings. The van der Waals surface area contributed by atoms with Gasteiger partial charge < -0.3 is 10.4 Å². The minimum atomic E-state index is -0.823. The van der Waals surface area contributed by atoms with E-state index in [1.807, 2.05) is 0 Å². The van der Waals surface area contributed by atoms with Gasteiger partial charge >= 0.3 is 5.97 Å². The van der Waals surface area contributed by atoms with Gasteiger partial charge in [0.25, 0.3) is 0 Å². The summed E-state index contributed by atoms with van der Waals surface area (Å²) >= 11 is 0. The van der Waals surface area contributed by atoms with Crippen LogP contribution in [0.1, 0.15) is 12.0 Å². The average molecular weight is 223 g/mol. The smallest absolute Gasteiger partial charge is 0.320 e. The largest absolute Gasteiger partial charge is 0.480 e. The summed E-state index contributed by atoms with van der Waals surface area (Å²) in [7, 11) is 0. The predicted molar refractivity (Wildman–Crippen MR) is 57.6 cm³/mol. The average Bonchev–Trinajstić information content (AvgIpc) is 2.70. The lowest BCUT2D eigenvalue weighted by Crippen LogP contribution is -2.29. The molecule has 16 heavy (non-hydrogen) atoms. The Labute approximate surface area is 93.3 Å². The molecular weight excluding hydrogens is 209 g/mol. The van der Waals surface area contributed by atoms with Crippen LogP contribution < -0.4 is 5.32 Å². The zero-order chi connectivity index (χ0) is 11.5. The first-order chi connectivity index (χ1) is 7.66. The predicted octanol–water partition coefficient (Wildman–Crippen LogP) is 1.43. The van der Waals surface area contributed by atoms with Crippen LogP contribution in [0.2, 0.25) is 0 Å². The number of nitrogens with one attached hydrogen (secondary N) is 1. The van der Waals surface area contributed by atoms with Crippen molar-refractivity contribution in [2.45, 2.75) is 18.9 Å². The molecule has 1 heterocycles. The maximum Gasteiger partial charge on any atom is 0.320 e. The summed E-state index contributed by atoms with van der Waals surface area (Å²) in [6.07, 6.45) is 1.17. The summed E-state index contributed by atoms with van der Waals surface area (Å²) in [6, 6.07) is 6.17. The van der Waals surface area contributed by atoms with Crippen LogP contribution in [0, 0.1) is 11.7 Å². The third-order valence-electron chi connectivity index (χ3n) is 2.99. The van der Waals surface area contributed by atoms with Crippen LogP contribution >= 0.6 is 0 Å². The van der Waals surface area contributed by atoms with Crippen molar-refractivity contribution in [1.82, 2.24) is 5.32 Å². The second-order valence-corrected chi connectivity index (χ2v) is 4.20. The Hall–Kier alpha value is -1.42. The molecule has 1 aliphatic heterocycles. The van der Waals surface area contributed by atoms with Gasteiger partial charge in [-0.2, -0.15) is 0 Å². The molecule has 1 aromatic carbocycles. The van der Waals surface area contributed by atoms with Crippen molar-refractivity contribution < 1.29 is 14.3 Å². The molecule has 2 rings (SSSR count). The zero-order valence-corrected chi connectivity index (χ0v) is 8.82. The van der Waals surface area contributed by atoms with E-state index in [-0.39, 0.29) is 11.7 Å². The highest BCUT2D eigenvalue weighted by Crippen LogP contribution is 2.20. The Morgan fingerprint density at radius 2 is 2.25 bits per heavy atom. The normalized spacial score (nSPS) is 24.6. The fourth-order valence-electron chi connectivity index (χ4n) is 2.13. The van der Waals surface area contributed by atoms with Crippen molar-refractivity contribution in [3.63, 3.8) is 0 Å². The summed E-state index contributed by atoms with van der Waals surface area (Å²) in [4.78, 5) is 10.7. The fourth-order valence-corrected chi connectivity index (χ4v) is 2.13. The number of carboxylic acid groups (broad SMARTS) is 1. The van der Waals surface area contributed by atoms with Crippen LogP contribution in [-0.4, -0.2) is 23.7 Å². The van der Waals surface area contributed by atoms with E-state index in [9.17, 15) is 9.18 Å². The molecule has 2 unspecified atom stereocenters. The topological polar surface area (TPSA) is 49.3 Å². The number of halogens is 1. The van der Waals surface area contributed by atoms with E-state index in [4.69, 9.17) is 5.11 Å². The summed E-state index contributed by atoms with van der Waals surface area (Å²) in [6.45, 7) is 0.644. The Bertz CT molecular complexity index is 394. The zero-order valence-electron chi connectivity index (χ0n) is 8.82. The van der Waals surface area contributed by atoms with Gasteiger partial charge in [-0.15, -0.1) is 0 Å². The molecule has 1 saturated heterocycles. The molecule has 86 valence electrons. The highest BCUT2D eigenvalue weighted by molar-refractivity contribution is 5.73. The highest BCUT2D eigenvalue weighted by Gasteiger charge is 2.29. The lowest BCUT2D eigenvalue weighted by molar-refractivity contribution is -0.139. The number of hydrogen-bond donors (Lipinski definition) is 2. The van der Waals surface area contributed by atoms with Crippen LogP contribution in [0.3, 0.4) is 0 Å². The summed E-state index contributed by atoms with van der Waals surface area (Å²) in [5.74, 6) is -0.824. The van der Waals surface area contributed by atoms with Gasteiger partial charge in [-0.05, 0) is 36.9 Å². The molecule has 0 bridgehead atoms. The van der Waals surface area contributed by atoms with Gasteiger partial charge in [-0.1, -0.05) is 18.2 Å². The van der Waals surface area contributed by atoms with Gasteiger partial charge in [0.15, 0.2) is 0 Å². The Morgan fingerprint density at radius 3 is 2.88 bits per heavy atom. The van der Waals surface area contributed by atoms with Crippen LogP contribution in [-0.2, 0) is 11.2 Å². The van der Waals surface area contributed by atoms with Crippen LogP contribution in [0.15, 0.2) is 24.3 Å². The SMILES string of the molecule is O=C(O)C1CC(Cc2ccccc2F)CN1. The molecule has 4 heteroatoms. The van der Waals surface area contributed by atoms with Crippen LogP contribution in [0.4, 0.5) is 4.39 Å². The molecular formula is C12H14FNO2. The van der Waals surface area contributed by atoms with Crippen molar-refractivity contribution in [3.05, 3.63) is 35.6 Å². The van der Waals surface area contributed by atoms with E-state index in [0.29, 0.717) is 24.9 Å². The Balaban J connectivity index is 1.97. The van der Waals surface area contributed by atoms with E-state index < -0.39 is 12.0 Å². The van der Waals surface area contributed by atoms with E-state index in [0.717, 1.165) is 0 Å². The quantitative estimate of drug-likeness (QED) is 0.815. The Kier molecular flexibility index (Phi) is 3.19. The third kappa shape index (κ3) is 2.39. The molecule has 1 fully saturated rings. The minimum absolute atomic E-state index is 0.206. The lowest BCUT2D eigenvalue weighted by Gasteiger charge is -2.08. The maximum absolute atomic E-state index is 13.4. The monoisotopic (exact) mass is 223 g/mol. The van der Waals surface area contributed by atoms with Crippen LogP contribution in [0.25, 0.3) is 0 Å². The highest BCUT2D eigenvalue weighted by atomic mass is 19.1. The molecule has 0 aliphatic carbocycles. The standard InChI is InChI=1S/C12H14FNO2/c13-10-4-2-1-3-9(10)5-8-6-11(12(15)16)14-7-8/h1-4,8,11,14H,5-7H2,(H,15,16). The number of carbonyl (C=O) groups is 1. The van der Waals surface area contributed by atoms with Crippen molar-refractivity contribution in [2.24, 2.45) is 5.92 Å². The maximum atomic E-state index is 13.4. The molecule has 0 amide bonds. The molecule has 0 radical (unpaired) electrons. The van der Waals surface area contributed by atoms with Crippen molar-refractivity contribution >= 4 is 5.97 Å². The number of hydrogen-bond acceptors (Lipinski definition) is 2. The summed E-state index contributed by atoms with van der Waals surface area (Å²) < 4.78 is 13.4. The van der Waals surface area contributed by atoms with Gasteiger partial charge in [0.05, 0.1) is 0 Å². The molecule has 0 spiro atoms. The lowest BCUT2D eigenvalue weighted by atomic mass is 9.96. The van der Waals surface area contributed by atoms with Gasteiger partial charge in [0, 0.05) is 0 Å². The summed E-state index contributed by atoms with van der Waals surface area (Å²) in [5.41, 5.74) is 0.667. The number of benzene rings is 1. The van der Waals surface area contributed by atoms with E-state index in [1.165, 1.54) is 6.07 Å². The summed E-state index contributed by atoms with van der Waals surface area (Å²) in [5, 5.41) is 11.7. The van der Waals surface area contributed by atoms with Crippen LogP contribution in [0.5, 0.6) is 0 Å². The molecule has 1 aliphatic rings. The molecule has 2 N–H and O–H groups in total. The van der Waals surface area contributed by atoms with E-state index >= 15 is 0 Å². The minimum Gasteiger partial charge on any atom is -0.480 e. The molecule has 3 nitrogen and oxygen atoms in total. The van der Waals surface area contributed by atoms with Crippen molar-refractivity contribution in [1.29, 1.82) is 0 Å². The first-order valence-corrected chi connectivity index (χ1v) is 5.36. The second-order valence-electron chi connectivity index (χ2n) is 4.20. The Morgan fingerprint density at radius 1 is 1.50 bits per heavy atom. The number of rotatable bonds is 3. The first kappa shape index (κ1) is 11.1. The van der Waals surface area contributed by atoms with Gasteiger partial charge in [-0.3, -0.25) is 4.79 Å². The van der Waals surface area contributed by atoms with Crippen molar-refractivity contribution in [3.8, 4) is 0 Å². The first-order valence-electron chi connectivity index (χ1n) is 5.36. The molecule has 2 atom stereocenters. The second kappa shape index (κ2) is 4.61. The van der Waals surface area contributed by atoms with Gasteiger partial charge in [0.2, 0.25) is 0 Å². The number of aliphatic carboxylic acids is 1. The molecule has 0 saturated carbocycles. The van der Waals surface area contributed by atoms with E-state index in [2.05, 4.69) is 5.32 Å². The third-order valence-corrected chi connectivity index (χ3v) is 2.99.